The highest BCUT2D eigenvalue weighted by atomic mass is 19.4. The molecule has 0 aliphatic rings. The summed E-state index contributed by atoms with van der Waals surface area (Å²) in [6, 6.07) is 11.8. The van der Waals surface area contributed by atoms with E-state index in [9.17, 15) is 18.0 Å². The number of halogens is 3. The Hall–Kier alpha value is -2.50. The van der Waals surface area contributed by atoms with Gasteiger partial charge in [0.1, 0.15) is 0 Å². The normalized spacial score (nSPS) is 11.2. The molecule has 0 heterocycles. The molecule has 0 atom stereocenters. The second-order valence-electron chi connectivity index (χ2n) is 4.44. The van der Waals surface area contributed by atoms with Crippen molar-refractivity contribution in [2.75, 3.05) is 5.32 Å². The lowest BCUT2D eigenvalue weighted by molar-refractivity contribution is -0.137. The highest BCUT2D eigenvalue weighted by Crippen LogP contribution is 2.32. The van der Waals surface area contributed by atoms with E-state index in [0.717, 1.165) is 11.6 Å². The third-order valence-corrected chi connectivity index (χ3v) is 2.85. The lowest BCUT2D eigenvalue weighted by Crippen LogP contribution is -2.09. The van der Waals surface area contributed by atoms with Crippen LogP contribution in [0.2, 0.25) is 0 Å². The van der Waals surface area contributed by atoms with Crippen LogP contribution >= 0.6 is 0 Å². The summed E-state index contributed by atoms with van der Waals surface area (Å²) in [5.41, 5.74) is -0.392. The van der Waals surface area contributed by atoms with E-state index in [0.29, 0.717) is 12.6 Å². The van der Waals surface area contributed by atoms with Gasteiger partial charge in [-0.3, -0.25) is 0 Å². The number of carbonyl (C=O) groups is 1. The molecule has 0 aromatic heterocycles. The molecule has 2 aromatic carbocycles. The van der Waals surface area contributed by atoms with Crippen molar-refractivity contribution < 1.29 is 23.1 Å². The highest BCUT2D eigenvalue weighted by molar-refractivity contribution is 5.89. The molecule has 0 saturated carbocycles. The molecular formula is C15H12F3NO2. The van der Waals surface area contributed by atoms with E-state index in [1.807, 2.05) is 30.3 Å². The van der Waals surface area contributed by atoms with E-state index in [-0.39, 0.29) is 5.69 Å². The second-order valence-corrected chi connectivity index (χ2v) is 4.44. The maximum Gasteiger partial charge on any atom is 0.416 e. The van der Waals surface area contributed by atoms with Gasteiger partial charge in [0.15, 0.2) is 0 Å². The maximum atomic E-state index is 12.8. The number of anilines is 1. The van der Waals surface area contributed by atoms with Crippen LogP contribution in [0.3, 0.4) is 0 Å². The van der Waals surface area contributed by atoms with Crippen LogP contribution < -0.4 is 5.32 Å². The Morgan fingerprint density at radius 3 is 2.33 bits per heavy atom. The molecule has 110 valence electrons. The largest absolute Gasteiger partial charge is 0.478 e. The monoisotopic (exact) mass is 295 g/mol. The number of benzene rings is 2. The molecule has 2 aromatic rings. The summed E-state index contributed by atoms with van der Waals surface area (Å²) in [4.78, 5) is 10.9. The van der Waals surface area contributed by atoms with E-state index in [4.69, 9.17) is 5.11 Å². The van der Waals surface area contributed by atoms with Crippen LogP contribution in [0.25, 0.3) is 0 Å². The van der Waals surface area contributed by atoms with Crippen molar-refractivity contribution in [3.63, 3.8) is 0 Å². The number of alkyl halides is 3. The van der Waals surface area contributed by atoms with Crippen molar-refractivity contribution in [2.24, 2.45) is 0 Å². The van der Waals surface area contributed by atoms with E-state index in [1.54, 1.807) is 0 Å². The molecule has 0 spiro atoms. The fraction of sp³-hybridized carbons (Fsp3) is 0.133. The quantitative estimate of drug-likeness (QED) is 0.895. The van der Waals surface area contributed by atoms with Crippen molar-refractivity contribution in [1.82, 2.24) is 0 Å². The van der Waals surface area contributed by atoms with Gasteiger partial charge in [0, 0.05) is 12.2 Å². The Kier molecular flexibility index (Phi) is 4.16. The molecule has 0 radical (unpaired) electrons. The van der Waals surface area contributed by atoms with Crippen molar-refractivity contribution in [3.8, 4) is 0 Å². The average Bonchev–Trinajstić information content (AvgIpc) is 2.45. The fourth-order valence-corrected chi connectivity index (χ4v) is 1.82. The summed E-state index contributed by atoms with van der Waals surface area (Å²) in [5.74, 6) is -1.40. The topological polar surface area (TPSA) is 49.3 Å². The lowest BCUT2D eigenvalue weighted by atomic mass is 10.1. The van der Waals surface area contributed by atoms with Crippen molar-refractivity contribution in [1.29, 1.82) is 0 Å². The number of hydrogen-bond donors (Lipinski definition) is 2. The number of carboxylic acid groups (broad SMARTS) is 1. The first-order chi connectivity index (χ1) is 9.86. The molecule has 0 fully saturated rings. The van der Waals surface area contributed by atoms with Gasteiger partial charge in [0.05, 0.1) is 11.1 Å². The summed E-state index contributed by atoms with van der Waals surface area (Å²) in [6.45, 7) is 0.307. The zero-order valence-corrected chi connectivity index (χ0v) is 10.8. The highest BCUT2D eigenvalue weighted by Gasteiger charge is 2.31. The fourth-order valence-electron chi connectivity index (χ4n) is 1.82. The first-order valence-corrected chi connectivity index (χ1v) is 6.09. The van der Waals surface area contributed by atoms with Crippen molar-refractivity contribution >= 4 is 11.7 Å². The molecule has 0 bridgehead atoms. The zero-order valence-electron chi connectivity index (χ0n) is 10.8. The summed E-state index contributed by atoms with van der Waals surface area (Å²) < 4.78 is 38.3. The predicted octanol–water partition coefficient (Wildman–Crippen LogP) is 4.02. The van der Waals surface area contributed by atoms with Crippen LogP contribution in [-0.4, -0.2) is 11.1 Å². The van der Waals surface area contributed by atoms with Crippen molar-refractivity contribution in [3.05, 3.63) is 65.2 Å². The summed E-state index contributed by atoms with van der Waals surface area (Å²) in [5, 5.41) is 11.7. The second kappa shape index (κ2) is 5.87. The van der Waals surface area contributed by atoms with Crippen LogP contribution in [0, 0.1) is 0 Å². The molecule has 3 nitrogen and oxygen atoms in total. The van der Waals surface area contributed by atoms with Gasteiger partial charge in [-0.25, -0.2) is 4.79 Å². The van der Waals surface area contributed by atoms with Gasteiger partial charge in [-0.1, -0.05) is 30.3 Å². The van der Waals surface area contributed by atoms with Gasteiger partial charge in [0.2, 0.25) is 0 Å². The van der Waals surface area contributed by atoms with E-state index in [2.05, 4.69) is 5.32 Å². The first kappa shape index (κ1) is 14.9. The van der Waals surface area contributed by atoms with Gasteiger partial charge in [-0.05, 0) is 23.8 Å². The minimum absolute atomic E-state index is 0.117. The smallest absolute Gasteiger partial charge is 0.416 e. The number of carboxylic acids is 1. The molecule has 0 aliphatic carbocycles. The third-order valence-electron chi connectivity index (χ3n) is 2.85. The molecule has 2 N–H and O–H groups in total. The van der Waals surface area contributed by atoms with Gasteiger partial charge >= 0.3 is 12.1 Å². The SMILES string of the molecule is O=C(O)c1cc(NCc2ccccc2)cc(C(F)(F)F)c1. The first-order valence-electron chi connectivity index (χ1n) is 6.09. The van der Waals surface area contributed by atoms with Crippen LogP contribution in [0.1, 0.15) is 21.5 Å². The molecule has 2 rings (SSSR count). The van der Waals surface area contributed by atoms with Crippen molar-refractivity contribution in [2.45, 2.75) is 12.7 Å². The maximum absolute atomic E-state index is 12.8. The van der Waals surface area contributed by atoms with Gasteiger partial charge in [-0.15, -0.1) is 0 Å². The van der Waals surface area contributed by atoms with Crippen LogP contribution in [-0.2, 0) is 12.7 Å². The van der Waals surface area contributed by atoms with Crippen LogP contribution in [0.5, 0.6) is 0 Å². The number of rotatable bonds is 4. The molecule has 0 saturated heterocycles. The number of nitrogens with one attached hydrogen (secondary N) is 1. The van der Waals surface area contributed by atoms with E-state index in [1.165, 1.54) is 6.07 Å². The predicted molar refractivity (Wildman–Crippen MR) is 72.2 cm³/mol. The molecule has 0 aliphatic heterocycles. The lowest BCUT2D eigenvalue weighted by Gasteiger charge is -2.12. The molecule has 21 heavy (non-hydrogen) atoms. The van der Waals surface area contributed by atoms with E-state index >= 15 is 0 Å². The zero-order chi connectivity index (χ0) is 15.5. The number of hydrogen-bond acceptors (Lipinski definition) is 2. The average molecular weight is 295 g/mol. The summed E-state index contributed by atoms with van der Waals surface area (Å²) in [7, 11) is 0. The summed E-state index contributed by atoms with van der Waals surface area (Å²) >= 11 is 0. The van der Waals surface area contributed by atoms with Gasteiger partial charge < -0.3 is 10.4 Å². The molecule has 0 unspecified atom stereocenters. The van der Waals surface area contributed by atoms with Gasteiger partial charge in [-0.2, -0.15) is 13.2 Å². The molecule has 0 amide bonds. The van der Waals surface area contributed by atoms with Crippen LogP contribution in [0.15, 0.2) is 48.5 Å². The minimum Gasteiger partial charge on any atom is -0.478 e. The summed E-state index contributed by atoms with van der Waals surface area (Å²) in [6.07, 6.45) is -4.59. The van der Waals surface area contributed by atoms with E-state index < -0.39 is 23.3 Å². The Balaban J connectivity index is 2.26. The molecule has 6 heteroatoms. The van der Waals surface area contributed by atoms with Crippen LogP contribution in [0.4, 0.5) is 18.9 Å². The Bertz CT molecular complexity index is 639. The Labute approximate surface area is 119 Å². The standard InChI is InChI=1S/C15H12F3NO2/c16-15(17,18)12-6-11(14(20)21)7-13(8-12)19-9-10-4-2-1-3-5-10/h1-8,19H,9H2,(H,20,21). The Morgan fingerprint density at radius 2 is 1.76 bits per heavy atom. The Morgan fingerprint density at radius 1 is 1.10 bits per heavy atom. The molecular weight excluding hydrogens is 283 g/mol. The number of aromatic carboxylic acids is 1. The third kappa shape index (κ3) is 3.98. The van der Waals surface area contributed by atoms with Gasteiger partial charge in [0.25, 0.3) is 0 Å². The minimum atomic E-state index is -4.59.